The molecule has 0 fully saturated rings. The highest BCUT2D eigenvalue weighted by Gasteiger charge is 2.27. The molecule has 0 N–H and O–H groups in total. The smallest absolute Gasteiger partial charge is 0.232 e. The average molecular weight is 643 g/mol. The van der Waals surface area contributed by atoms with Crippen LogP contribution in [0.5, 0.6) is 0 Å². The third-order valence-electron chi connectivity index (χ3n) is 9.55. The van der Waals surface area contributed by atoms with Gasteiger partial charge in [0.2, 0.25) is 0 Å². The lowest BCUT2D eigenvalue weighted by molar-refractivity contribution is -0.662. The summed E-state index contributed by atoms with van der Waals surface area (Å²) in [4.78, 5) is 19.7. The maximum absolute atomic E-state index is 4.97. The lowest BCUT2D eigenvalue weighted by atomic mass is 9.80. The molecule has 252 valence electrons. The zero-order valence-corrected chi connectivity index (χ0v) is 32.1. The van der Waals surface area contributed by atoms with Gasteiger partial charge >= 0.3 is 0 Å². The maximum atomic E-state index is 4.97. The van der Waals surface area contributed by atoms with E-state index >= 15 is 0 Å². The maximum Gasteiger partial charge on any atom is 0.287 e. The van der Waals surface area contributed by atoms with E-state index in [9.17, 15) is 0 Å². The van der Waals surface area contributed by atoms with Crippen molar-refractivity contribution < 1.29 is 4.57 Å². The van der Waals surface area contributed by atoms with E-state index in [4.69, 9.17) is 19.9 Å². The van der Waals surface area contributed by atoms with Crippen molar-refractivity contribution in [3.8, 4) is 33.8 Å². The summed E-state index contributed by atoms with van der Waals surface area (Å²) in [7, 11) is 2.10. The van der Waals surface area contributed by atoms with Gasteiger partial charge in [0.15, 0.2) is 11.3 Å². The van der Waals surface area contributed by atoms with Gasteiger partial charge in [-0.2, -0.15) is 0 Å². The van der Waals surface area contributed by atoms with E-state index in [0.717, 1.165) is 33.8 Å². The Morgan fingerprint density at radius 1 is 0.646 bits per heavy atom. The van der Waals surface area contributed by atoms with Crippen LogP contribution in [0.4, 0.5) is 0 Å². The van der Waals surface area contributed by atoms with Gasteiger partial charge in [0.05, 0.1) is 12.4 Å². The van der Waals surface area contributed by atoms with Crippen LogP contribution in [-0.2, 0) is 17.9 Å². The van der Waals surface area contributed by atoms with Gasteiger partial charge in [0.25, 0.3) is 6.33 Å². The number of nitrogens with zero attached hydrogens (tertiary/aromatic N) is 5. The molecule has 0 aliphatic carbocycles. The first-order chi connectivity index (χ1) is 22.3. The third-order valence-corrected chi connectivity index (χ3v) is 9.55. The zero-order valence-electron chi connectivity index (χ0n) is 32.1. The second kappa shape index (κ2) is 12.8. The minimum absolute atomic E-state index is 0.200. The Labute approximate surface area is 289 Å². The first kappa shape index (κ1) is 35.3. The zero-order chi connectivity index (χ0) is 35.5. The van der Waals surface area contributed by atoms with Crippen molar-refractivity contribution in [2.24, 2.45) is 7.05 Å². The Bertz CT molecular complexity index is 1940. The van der Waals surface area contributed by atoms with Crippen LogP contribution in [0.1, 0.15) is 140 Å². The molecule has 5 aromatic rings. The topological polar surface area (TPSA) is 55.4 Å². The van der Waals surface area contributed by atoms with E-state index < -0.39 is 0 Å². The van der Waals surface area contributed by atoms with Gasteiger partial charge in [0.1, 0.15) is 17.3 Å². The molecular formula is C43H56N5+. The predicted octanol–water partition coefficient (Wildman–Crippen LogP) is 10.8. The highest BCUT2D eigenvalue weighted by molar-refractivity contribution is 5.94. The fraction of sp³-hybridized carbons (Fsp3) is 0.465. The molecule has 3 aromatic carbocycles. The van der Waals surface area contributed by atoms with Crippen molar-refractivity contribution in [1.29, 1.82) is 0 Å². The second-order valence-corrected chi connectivity index (χ2v) is 16.7. The van der Waals surface area contributed by atoms with E-state index in [-0.39, 0.29) is 10.8 Å². The fourth-order valence-electron chi connectivity index (χ4n) is 6.42. The van der Waals surface area contributed by atoms with Crippen molar-refractivity contribution in [3.63, 3.8) is 0 Å². The van der Waals surface area contributed by atoms with Gasteiger partial charge in [-0.05, 0) is 87.7 Å². The van der Waals surface area contributed by atoms with Crippen molar-refractivity contribution in [2.75, 3.05) is 0 Å². The van der Waals surface area contributed by atoms with Gasteiger partial charge in [-0.3, -0.25) is 0 Å². The molecule has 2 aromatic heterocycles. The van der Waals surface area contributed by atoms with Crippen LogP contribution in [0.2, 0.25) is 0 Å². The molecule has 5 rings (SSSR count). The van der Waals surface area contributed by atoms with Crippen LogP contribution >= 0.6 is 0 Å². The summed E-state index contributed by atoms with van der Waals surface area (Å²) in [5.74, 6) is 3.60. The number of benzene rings is 3. The normalized spacial score (nSPS) is 12.6. The number of fused-ring (bicyclic) bond motifs is 1. The molecule has 0 aliphatic heterocycles. The van der Waals surface area contributed by atoms with E-state index in [2.05, 4.69) is 151 Å². The van der Waals surface area contributed by atoms with Gasteiger partial charge in [-0.1, -0.05) is 107 Å². The summed E-state index contributed by atoms with van der Waals surface area (Å²) in [6.45, 7) is 31.3. The van der Waals surface area contributed by atoms with Crippen LogP contribution in [0.15, 0.2) is 48.8 Å². The summed E-state index contributed by atoms with van der Waals surface area (Å²) in [6, 6.07) is 16.2. The minimum Gasteiger partial charge on any atom is -0.232 e. The highest BCUT2D eigenvalue weighted by Crippen LogP contribution is 2.42. The van der Waals surface area contributed by atoms with Gasteiger partial charge in [-0.25, -0.2) is 19.5 Å². The Balaban J connectivity index is 1.75. The number of aromatic nitrogens is 5. The Morgan fingerprint density at radius 2 is 1.21 bits per heavy atom. The molecule has 5 heteroatoms. The molecule has 0 bridgehead atoms. The summed E-state index contributed by atoms with van der Waals surface area (Å²) >= 11 is 0. The number of rotatable bonds is 6. The van der Waals surface area contributed by atoms with Crippen LogP contribution < -0.4 is 4.57 Å². The summed E-state index contributed by atoms with van der Waals surface area (Å²) < 4.78 is 2.17. The van der Waals surface area contributed by atoms with Gasteiger partial charge < -0.3 is 0 Å². The summed E-state index contributed by atoms with van der Waals surface area (Å²) in [5.41, 5.74) is 13.4. The molecule has 48 heavy (non-hydrogen) atoms. The van der Waals surface area contributed by atoms with Crippen molar-refractivity contribution in [2.45, 2.75) is 126 Å². The molecule has 0 radical (unpaired) electrons. The number of aryl methyl sites for hydroxylation is 2. The molecule has 0 amide bonds. The molecule has 0 saturated heterocycles. The minimum atomic E-state index is -0.200. The molecule has 2 heterocycles. The molecular weight excluding hydrogens is 587 g/mol. The number of hydrogen-bond acceptors (Lipinski definition) is 4. The van der Waals surface area contributed by atoms with Gasteiger partial charge in [-0.15, -0.1) is 0 Å². The summed E-state index contributed by atoms with van der Waals surface area (Å²) in [6.07, 6.45) is 1.94. The van der Waals surface area contributed by atoms with E-state index in [1.807, 2.05) is 6.33 Å². The van der Waals surface area contributed by atoms with Crippen LogP contribution in [0, 0.1) is 13.8 Å². The van der Waals surface area contributed by atoms with Crippen molar-refractivity contribution in [1.82, 2.24) is 19.9 Å². The Kier molecular flexibility index (Phi) is 9.42. The molecule has 0 spiro atoms. The Hall–Kier alpha value is -3.99. The van der Waals surface area contributed by atoms with Crippen LogP contribution in [0.25, 0.3) is 44.7 Å². The van der Waals surface area contributed by atoms with Gasteiger partial charge in [0, 0.05) is 28.0 Å². The van der Waals surface area contributed by atoms with Crippen LogP contribution in [0.3, 0.4) is 0 Å². The third kappa shape index (κ3) is 6.79. The monoisotopic (exact) mass is 642 g/mol. The number of hydrogen-bond donors (Lipinski definition) is 0. The first-order valence-corrected chi connectivity index (χ1v) is 17.6. The average Bonchev–Trinajstić information content (AvgIpc) is 3.00. The van der Waals surface area contributed by atoms with Crippen molar-refractivity contribution in [3.05, 3.63) is 88.3 Å². The molecule has 5 nitrogen and oxygen atoms in total. The predicted molar refractivity (Wildman–Crippen MR) is 202 cm³/mol. The summed E-state index contributed by atoms with van der Waals surface area (Å²) in [5, 5.41) is 1.10. The molecule has 0 atom stereocenters. The highest BCUT2D eigenvalue weighted by atomic mass is 15.1. The van der Waals surface area contributed by atoms with Crippen LogP contribution in [-0.4, -0.2) is 19.9 Å². The lowest BCUT2D eigenvalue weighted by Gasteiger charge is -2.24. The SMILES string of the molecule is Cc1cc(-c2c(C(C)C)cc(C(C)C)cc2C(C)C)cc(-c2c3ccc(-c4nc(C(C)(C)C)nc(C(C)(C)C)n4)cc3nc[n+]2C)c1C. The molecule has 0 unspecified atom stereocenters. The van der Waals surface area contributed by atoms with Crippen molar-refractivity contribution >= 4 is 10.9 Å². The Morgan fingerprint density at radius 3 is 1.71 bits per heavy atom. The standard InChI is InChI=1S/C43H56N5/c1-24(2)30-19-33(25(3)4)37(34(20-30)26(5)6)31-18-27(7)28(8)35(21-31)38-32-17-16-29(22-36(32)44-23-48(38)15)39-45-40(42(9,10)11)47-41(46-39)43(12,13)14/h16-26H,1-15H3/q+1. The second-order valence-electron chi connectivity index (χ2n) is 16.7. The van der Waals surface area contributed by atoms with E-state index in [1.54, 1.807) is 0 Å². The fourth-order valence-corrected chi connectivity index (χ4v) is 6.42. The lowest BCUT2D eigenvalue weighted by Crippen LogP contribution is -2.32. The molecule has 0 aliphatic rings. The molecule has 0 saturated carbocycles. The largest absolute Gasteiger partial charge is 0.287 e. The quantitative estimate of drug-likeness (QED) is 0.173. The van der Waals surface area contributed by atoms with E-state index in [0.29, 0.717) is 23.6 Å². The van der Waals surface area contributed by atoms with E-state index in [1.165, 1.54) is 44.5 Å². The first-order valence-electron chi connectivity index (χ1n) is 17.6.